The Hall–Kier alpha value is -4.23. The van der Waals surface area contributed by atoms with Gasteiger partial charge in [0.2, 0.25) is 5.89 Å². The molecular weight excluding hydrogens is 442 g/mol. The highest BCUT2D eigenvalue weighted by Crippen LogP contribution is 2.34. The van der Waals surface area contributed by atoms with Gasteiger partial charge in [0, 0.05) is 39.9 Å². The van der Waals surface area contributed by atoms with Gasteiger partial charge in [0.15, 0.2) is 5.58 Å². The molecule has 0 atom stereocenters. The maximum absolute atomic E-state index is 11.1. The summed E-state index contributed by atoms with van der Waals surface area (Å²) < 4.78 is 5.98. The van der Waals surface area contributed by atoms with Gasteiger partial charge in [-0.25, -0.2) is 4.98 Å². The van der Waals surface area contributed by atoms with E-state index < -0.39 is 4.92 Å². The number of fused-ring (bicyclic) bond motifs is 2. The molecule has 0 spiro atoms. The lowest BCUT2D eigenvalue weighted by molar-refractivity contribution is -0.384. The second-order valence-corrected chi connectivity index (χ2v) is 7.93. The number of aromatic hydroxyl groups is 1. The van der Waals surface area contributed by atoms with Crippen molar-refractivity contribution in [3.05, 3.63) is 93.0 Å². The van der Waals surface area contributed by atoms with Crippen LogP contribution in [0.2, 0.25) is 5.02 Å². The van der Waals surface area contributed by atoms with E-state index in [9.17, 15) is 15.2 Å². The molecule has 5 aromatic rings. The lowest BCUT2D eigenvalue weighted by atomic mass is 10.0. The Bertz CT molecular complexity index is 1590. The molecular formula is C25H16ClN3O4. The number of oxazole rings is 1. The van der Waals surface area contributed by atoms with Crippen molar-refractivity contribution in [1.29, 1.82) is 0 Å². The molecule has 0 saturated carbocycles. The SMILES string of the molecule is Cc1cc([N+](=O)[O-])cc(C=Nc2ccc3oc(-c4cccc5c(Cl)cccc45)nc3c2)c1O. The number of hydrogen-bond acceptors (Lipinski definition) is 6. The highest BCUT2D eigenvalue weighted by atomic mass is 35.5. The minimum Gasteiger partial charge on any atom is -0.507 e. The fourth-order valence-electron chi connectivity index (χ4n) is 3.70. The highest BCUT2D eigenvalue weighted by Gasteiger charge is 2.14. The summed E-state index contributed by atoms with van der Waals surface area (Å²) in [6.07, 6.45) is 1.39. The van der Waals surface area contributed by atoms with Gasteiger partial charge in [-0.1, -0.05) is 35.9 Å². The lowest BCUT2D eigenvalue weighted by Gasteiger charge is -2.04. The molecule has 0 bridgehead atoms. The summed E-state index contributed by atoms with van der Waals surface area (Å²) in [5.41, 5.74) is 3.14. The van der Waals surface area contributed by atoms with Gasteiger partial charge in [-0.3, -0.25) is 15.1 Å². The van der Waals surface area contributed by atoms with Gasteiger partial charge in [0.1, 0.15) is 11.3 Å². The van der Waals surface area contributed by atoms with Crippen LogP contribution in [-0.2, 0) is 0 Å². The van der Waals surface area contributed by atoms with E-state index >= 15 is 0 Å². The molecule has 162 valence electrons. The molecule has 0 aliphatic carbocycles. The second kappa shape index (κ2) is 8.03. The van der Waals surface area contributed by atoms with E-state index in [2.05, 4.69) is 9.98 Å². The summed E-state index contributed by atoms with van der Waals surface area (Å²) in [4.78, 5) is 19.6. The molecule has 33 heavy (non-hydrogen) atoms. The second-order valence-electron chi connectivity index (χ2n) is 7.53. The molecule has 5 rings (SSSR count). The van der Waals surface area contributed by atoms with E-state index in [0.29, 0.717) is 33.3 Å². The molecule has 0 fully saturated rings. The topological polar surface area (TPSA) is 102 Å². The zero-order chi connectivity index (χ0) is 23.1. The molecule has 1 aromatic heterocycles. The third-order valence-electron chi connectivity index (χ3n) is 5.35. The molecule has 8 heteroatoms. The van der Waals surface area contributed by atoms with Crippen molar-refractivity contribution in [1.82, 2.24) is 4.98 Å². The van der Waals surface area contributed by atoms with Crippen LogP contribution < -0.4 is 0 Å². The number of nitro benzene ring substituents is 1. The summed E-state index contributed by atoms with van der Waals surface area (Å²) in [6, 6.07) is 19.3. The number of aryl methyl sites for hydroxylation is 1. The van der Waals surface area contributed by atoms with E-state index in [-0.39, 0.29) is 17.0 Å². The number of nitro groups is 1. The van der Waals surface area contributed by atoms with Crippen LogP contribution in [0.3, 0.4) is 0 Å². The number of rotatable bonds is 4. The molecule has 7 nitrogen and oxygen atoms in total. The summed E-state index contributed by atoms with van der Waals surface area (Å²) in [5, 5.41) is 23.9. The summed E-state index contributed by atoms with van der Waals surface area (Å²) >= 11 is 6.33. The molecule has 0 aliphatic heterocycles. The van der Waals surface area contributed by atoms with Crippen molar-refractivity contribution in [2.75, 3.05) is 0 Å². The largest absolute Gasteiger partial charge is 0.507 e. The van der Waals surface area contributed by atoms with Crippen molar-refractivity contribution in [3.63, 3.8) is 0 Å². The van der Waals surface area contributed by atoms with Crippen LogP contribution >= 0.6 is 11.6 Å². The molecule has 0 saturated heterocycles. The fourth-order valence-corrected chi connectivity index (χ4v) is 3.94. The van der Waals surface area contributed by atoms with Crippen LogP contribution in [0.1, 0.15) is 11.1 Å². The van der Waals surface area contributed by atoms with Gasteiger partial charge in [0.25, 0.3) is 5.69 Å². The van der Waals surface area contributed by atoms with E-state index in [0.717, 1.165) is 16.3 Å². The number of aliphatic imine (C=N–C) groups is 1. The van der Waals surface area contributed by atoms with Crippen LogP contribution in [-0.4, -0.2) is 21.2 Å². The summed E-state index contributed by atoms with van der Waals surface area (Å²) in [5.74, 6) is 0.412. The summed E-state index contributed by atoms with van der Waals surface area (Å²) in [6.45, 7) is 1.60. The van der Waals surface area contributed by atoms with Gasteiger partial charge in [-0.05, 0) is 48.2 Å². The van der Waals surface area contributed by atoms with Gasteiger partial charge in [0.05, 0.1) is 10.6 Å². The van der Waals surface area contributed by atoms with E-state index in [1.807, 2.05) is 36.4 Å². The number of phenolic OH excluding ortho intramolecular Hbond substituents is 1. The summed E-state index contributed by atoms with van der Waals surface area (Å²) in [7, 11) is 0. The Morgan fingerprint density at radius 3 is 2.70 bits per heavy atom. The number of hydrogen-bond donors (Lipinski definition) is 1. The Kier molecular flexibility index (Phi) is 5.03. The first kappa shape index (κ1) is 20.7. The first-order chi connectivity index (χ1) is 15.9. The van der Waals surface area contributed by atoms with Gasteiger partial charge < -0.3 is 9.52 Å². The third-order valence-corrected chi connectivity index (χ3v) is 5.68. The molecule has 0 aliphatic rings. The van der Waals surface area contributed by atoms with Crippen molar-refractivity contribution in [2.45, 2.75) is 6.92 Å². The monoisotopic (exact) mass is 457 g/mol. The van der Waals surface area contributed by atoms with Crippen molar-refractivity contribution >= 4 is 51.1 Å². The quantitative estimate of drug-likeness (QED) is 0.178. The van der Waals surface area contributed by atoms with Crippen LogP contribution in [0.4, 0.5) is 11.4 Å². The minimum absolute atomic E-state index is 0.0521. The van der Waals surface area contributed by atoms with Crippen molar-refractivity contribution in [3.8, 4) is 17.2 Å². The Labute approximate surface area is 192 Å². The number of benzene rings is 4. The van der Waals surface area contributed by atoms with Gasteiger partial charge >= 0.3 is 0 Å². The first-order valence-corrected chi connectivity index (χ1v) is 10.4. The van der Waals surface area contributed by atoms with Gasteiger partial charge in [-0.15, -0.1) is 0 Å². The Morgan fingerprint density at radius 2 is 1.88 bits per heavy atom. The fraction of sp³-hybridized carbons (Fsp3) is 0.0400. The maximum atomic E-state index is 11.1. The number of halogens is 1. The zero-order valence-corrected chi connectivity index (χ0v) is 18.1. The first-order valence-electron chi connectivity index (χ1n) is 10.0. The number of non-ortho nitro benzene ring substituents is 1. The van der Waals surface area contributed by atoms with Crippen molar-refractivity contribution in [2.24, 2.45) is 4.99 Å². The predicted octanol–water partition coefficient (Wildman–Crippen LogP) is 6.97. The maximum Gasteiger partial charge on any atom is 0.270 e. The predicted molar refractivity (Wildman–Crippen MR) is 129 cm³/mol. The zero-order valence-electron chi connectivity index (χ0n) is 17.3. The normalized spacial score (nSPS) is 11.6. The van der Waals surface area contributed by atoms with Crippen LogP contribution in [0.15, 0.2) is 76.1 Å². The number of nitrogens with zero attached hydrogens (tertiary/aromatic N) is 3. The standard InChI is InChI=1S/C25H16ClN3O4/c1-14-10-17(29(31)32)11-15(24(14)30)13-27-16-8-9-23-22(12-16)28-25(33-23)20-6-2-5-19-18(20)4-3-7-21(19)26/h2-13,30H,1H3. The smallest absolute Gasteiger partial charge is 0.270 e. The molecule has 0 amide bonds. The molecule has 0 radical (unpaired) electrons. The van der Waals surface area contributed by atoms with Crippen LogP contribution in [0.25, 0.3) is 33.3 Å². The number of phenols is 1. The average molecular weight is 458 g/mol. The lowest BCUT2D eigenvalue weighted by Crippen LogP contribution is -1.93. The van der Waals surface area contributed by atoms with Gasteiger partial charge in [-0.2, -0.15) is 0 Å². The molecule has 1 N–H and O–H groups in total. The third kappa shape index (κ3) is 3.79. The molecule has 1 heterocycles. The molecule has 0 unspecified atom stereocenters. The van der Waals surface area contributed by atoms with Crippen LogP contribution in [0.5, 0.6) is 5.75 Å². The highest BCUT2D eigenvalue weighted by molar-refractivity contribution is 6.35. The van der Waals surface area contributed by atoms with Crippen molar-refractivity contribution < 1.29 is 14.4 Å². The average Bonchev–Trinajstić information content (AvgIpc) is 3.23. The Balaban J connectivity index is 1.53. The van der Waals surface area contributed by atoms with E-state index in [1.54, 1.807) is 25.1 Å². The number of aromatic nitrogens is 1. The minimum atomic E-state index is -0.507. The van der Waals surface area contributed by atoms with E-state index in [4.69, 9.17) is 16.0 Å². The Morgan fingerprint density at radius 1 is 1.09 bits per heavy atom. The van der Waals surface area contributed by atoms with E-state index in [1.165, 1.54) is 18.3 Å². The van der Waals surface area contributed by atoms with Crippen LogP contribution in [0, 0.1) is 17.0 Å². The molecule has 4 aromatic carbocycles.